The van der Waals surface area contributed by atoms with Crippen LogP contribution in [-0.2, 0) is 0 Å². The number of hydrogen-bond donors (Lipinski definition) is 1. The first-order valence-corrected chi connectivity index (χ1v) is 4.90. The van der Waals surface area contributed by atoms with E-state index in [-0.39, 0.29) is 27.2 Å². The summed E-state index contributed by atoms with van der Waals surface area (Å²) < 4.78 is 36.4. The molecule has 0 aromatic carbocycles. The summed E-state index contributed by atoms with van der Waals surface area (Å²) in [5.74, 6) is 0. The molecular formula is C7H3ClF3N3S. The smallest absolute Gasteiger partial charge is 0.345 e. The third kappa shape index (κ3) is 2.18. The number of fused-ring (bicyclic) bond motifs is 1. The summed E-state index contributed by atoms with van der Waals surface area (Å²) >= 11 is 5.44. The van der Waals surface area contributed by atoms with Gasteiger partial charge in [0.1, 0.15) is 17.1 Å². The number of aromatic amines is 1. The Morgan fingerprint density at radius 2 is 2.07 bits per heavy atom. The van der Waals surface area contributed by atoms with Gasteiger partial charge in [0.05, 0.1) is 5.39 Å². The average Bonchev–Trinajstić information content (AvgIpc) is 2.47. The Hall–Kier alpha value is -0.950. The zero-order valence-corrected chi connectivity index (χ0v) is 8.54. The van der Waals surface area contributed by atoms with Crippen molar-refractivity contribution in [3.8, 4) is 0 Å². The Morgan fingerprint density at radius 1 is 1.33 bits per heavy atom. The van der Waals surface area contributed by atoms with Gasteiger partial charge in [-0.1, -0.05) is 11.6 Å². The minimum absolute atomic E-state index is 0.00741. The van der Waals surface area contributed by atoms with Gasteiger partial charge in [-0.25, -0.2) is 9.97 Å². The van der Waals surface area contributed by atoms with Gasteiger partial charge in [0, 0.05) is 11.1 Å². The molecule has 1 N–H and O–H groups in total. The lowest BCUT2D eigenvalue weighted by Gasteiger charge is -2.03. The number of nitrogens with one attached hydrogen (secondary N) is 1. The van der Waals surface area contributed by atoms with Gasteiger partial charge in [0.25, 0.3) is 0 Å². The highest BCUT2D eigenvalue weighted by Gasteiger charge is 2.31. The molecule has 0 aliphatic rings. The predicted molar refractivity (Wildman–Crippen MR) is 50.8 cm³/mol. The van der Waals surface area contributed by atoms with E-state index in [1.54, 1.807) is 0 Å². The highest BCUT2D eigenvalue weighted by Crippen LogP contribution is 2.41. The Bertz CT molecular complexity index is 496. The van der Waals surface area contributed by atoms with Crippen molar-refractivity contribution < 1.29 is 13.2 Å². The number of halogens is 4. The van der Waals surface area contributed by atoms with E-state index in [1.807, 2.05) is 0 Å². The third-order valence-electron chi connectivity index (χ3n) is 1.61. The molecule has 0 saturated carbocycles. The van der Waals surface area contributed by atoms with Crippen molar-refractivity contribution in [3.05, 3.63) is 17.7 Å². The van der Waals surface area contributed by atoms with E-state index < -0.39 is 5.51 Å². The van der Waals surface area contributed by atoms with Gasteiger partial charge in [-0.15, -0.1) is 0 Å². The maximum absolute atomic E-state index is 12.1. The molecule has 8 heteroatoms. The van der Waals surface area contributed by atoms with Gasteiger partial charge in [-0.3, -0.25) is 0 Å². The highest BCUT2D eigenvalue weighted by molar-refractivity contribution is 8.00. The summed E-state index contributed by atoms with van der Waals surface area (Å²) in [6, 6.07) is 0. The molecule has 3 nitrogen and oxygen atoms in total. The molecule has 2 aromatic rings. The van der Waals surface area contributed by atoms with Gasteiger partial charge in [0.15, 0.2) is 0 Å². The standard InChI is InChI=1S/C7H3ClF3N3S/c8-5-4-3(15-7(9,10)11)1-12-6(4)14-2-13-5/h1-2H,(H,12,13,14). The van der Waals surface area contributed by atoms with Gasteiger partial charge >= 0.3 is 5.51 Å². The molecule has 0 unspecified atom stereocenters. The van der Waals surface area contributed by atoms with Crippen LogP contribution in [0.4, 0.5) is 13.2 Å². The van der Waals surface area contributed by atoms with Crippen molar-refractivity contribution in [2.24, 2.45) is 0 Å². The number of rotatable bonds is 1. The molecule has 0 saturated heterocycles. The number of H-pyrrole nitrogens is 1. The summed E-state index contributed by atoms with van der Waals surface area (Å²) in [5, 5.41) is 0.203. The molecule has 0 spiro atoms. The molecule has 0 amide bonds. The molecule has 0 bridgehead atoms. The van der Waals surface area contributed by atoms with E-state index in [0.29, 0.717) is 5.65 Å². The second kappa shape index (κ2) is 3.57. The van der Waals surface area contributed by atoms with E-state index in [4.69, 9.17) is 11.6 Å². The summed E-state index contributed by atoms with van der Waals surface area (Å²) in [5.41, 5.74) is -4.06. The lowest BCUT2D eigenvalue weighted by molar-refractivity contribution is -0.0327. The van der Waals surface area contributed by atoms with Crippen LogP contribution in [0.1, 0.15) is 0 Å². The minimum Gasteiger partial charge on any atom is -0.345 e. The Kier molecular flexibility index (Phi) is 2.51. The molecule has 80 valence electrons. The summed E-state index contributed by atoms with van der Waals surface area (Å²) in [6.07, 6.45) is 2.40. The normalized spacial score (nSPS) is 12.3. The van der Waals surface area contributed by atoms with E-state index in [0.717, 1.165) is 0 Å². The first kappa shape index (κ1) is 10.6. The van der Waals surface area contributed by atoms with Crippen LogP contribution in [0.3, 0.4) is 0 Å². The minimum atomic E-state index is -4.35. The fourth-order valence-corrected chi connectivity index (χ4v) is 2.06. The largest absolute Gasteiger partial charge is 0.446 e. The maximum atomic E-state index is 12.1. The van der Waals surface area contributed by atoms with Crippen molar-refractivity contribution >= 4 is 34.4 Å². The fraction of sp³-hybridized carbons (Fsp3) is 0.143. The summed E-state index contributed by atoms with van der Waals surface area (Å²) in [6.45, 7) is 0. The Labute approximate surface area is 91.0 Å². The zero-order chi connectivity index (χ0) is 11.1. The van der Waals surface area contributed by atoms with E-state index in [9.17, 15) is 13.2 Å². The van der Waals surface area contributed by atoms with Crippen molar-refractivity contribution in [2.75, 3.05) is 0 Å². The van der Waals surface area contributed by atoms with Gasteiger partial charge < -0.3 is 4.98 Å². The molecule has 2 aromatic heterocycles. The van der Waals surface area contributed by atoms with Crippen LogP contribution in [0, 0.1) is 0 Å². The van der Waals surface area contributed by atoms with Crippen LogP contribution in [0.15, 0.2) is 17.4 Å². The first-order valence-electron chi connectivity index (χ1n) is 3.71. The van der Waals surface area contributed by atoms with E-state index >= 15 is 0 Å². The van der Waals surface area contributed by atoms with Crippen LogP contribution in [0.5, 0.6) is 0 Å². The van der Waals surface area contributed by atoms with E-state index in [1.165, 1.54) is 12.5 Å². The molecular weight excluding hydrogens is 251 g/mol. The van der Waals surface area contributed by atoms with Crippen molar-refractivity contribution in [1.29, 1.82) is 0 Å². The van der Waals surface area contributed by atoms with E-state index in [2.05, 4.69) is 15.0 Å². The molecule has 0 radical (unpaired) electrons. The molecule has 0 fully saturated rings. The van der Waals surface area contributed by atoms with Crippen molar-refractivity contribution in [3.63, 3.8) is 0 Å². The summed E-state index contributed by atoms with van der Waals surface area (Å²) in [7, 11) is 0. The van der Waals surface area contributed by atoms with Crippen LogP contribution < -0.4 is 0 Å². The van der Waals surface area contributed by atoms with Crippen LogP contribution in [0.2, 0.25) is 5.15 Å². The van der Waals surface area contributed by atoms with Gasteiger partial charge in [-0.2, -0.15) is 13.2 Å². The molecule has 2 rings (SSSR count). The molecule has 0 aliphatic carbocycles. The Morgan fingerprint density at radius 3 is 2.73 bits per heavy atom. The molecule has 2 heterocycles. The number of nitrogens with zero attached hydrogens (tertiary/aromatic N) is 2. The number of aromatic nitrogens is 3. The quantitative estimate of drug-likeness (QED) is 0.627. The van der Waals surface area contributed by atoms with Crippen molar-refractivity contribution in [1.82, 2.24) is 15.0 Å². The van der Waals surface area contributed by atoms with Crippen LogP contribution in [-0.4, -0.2) is 20.5 Å². The van der Waals surface area contributed by atoms with Gasteiger partial charge in [0.2, 0.25) is 0 Å². The molecule has 15 heavy (non-hydrogen) atoms. The second-order valence-electron chi connectivity index (χ2n) is 2.59. The average molecular weight is 254 g/mol. The SMILES string of the molecule is FC(F)(F)Sc1c[nH]c2ncnc(Cl)c12. The van der Waals surface area contributed by atoms with Gasteiger partial charge in [-0.05, 0) is 11.8 Å². The van der Waals surface area contributed by atoms with Crippen LogP contribution >= 0.6 is 23.4 Å². The third-order valence-corrected chi connectivity index (χ3v) is 2.67. The number of hydrogen-bond acceptors (Lipinski definition) is 3. The van der Waals surface area contributed by atoms with Crippen LogP contribution in [0.25, 0.3) is 11.0 Å². The second-order valence-corrected chi connectivity index (χ2v) is 4.05. The summed E-state index contributed by atoms with van der Waals surface area (Å²) in [4.78, 5) is 9.96. The van der Waals surface area contributed by atoms with Crippen molar-refractivity contribution in [2.45, 2.75) is 10.4 Å². The topological polar surface area (TPSA) is 41.6 Å². The monoisotopic (exact) mass is 253 g/mol. The molecule has 0 aliphatic heterocycles. The zero-order valence-electron chi connectivity index (χ0n) is 6.97. The number of alkyl halides is 3. The fourth-order valence-electron chi connectivity index (χ4n) is 1.10. The predicted octanol–water partition coefficient (Wildman–Crippen LogP) is 3.22. The first-order chi connectivity index (χ1) is 6.97. The highest BCUT2D eigenvalue weighted by atomic mass is 35.5. The number of thioether (sulfide) groups is 1. The molecule has 0 atom stereocenters. The maximum Gasteiger partial charge on any atom is 0.446 e. The lowest BCUT2D eigenvalue weighted by atomic mass is 10.4. The Balaban J connectivity index is 2.53. The lowest BCUT2D eigenvalue weighted by Crippen LogP contribution is -1.98.